The summed E-state index contributed by atoms with van der Waals surface area (Å²) in [5.74, 6) is 0. The number of aliphatic hydroxyl groups is 1. The summed E-state index contributed by atoms with van der Waals surface area (Å²) in [4.78, 5) is 1.02. The molecule has 132 valence electrons. The van der Waals surface area contributed by atoms with Crippen LogP contribution in [0.15, 0.2) is 77.7 Å². The van der Waals surface area contributed by atoms with Gasteiger partial charge in [-0.1, -0.05) is 77.4 Å². The van der Waals surface area contributed by atoms with Gasteiger partial charge in [-0.25, -0.2) is 0 Å². The Morgan fingerprint density at radius 3 is 1.12 bits per heavy atom. The number of aliphatic hydroxyl groups excluding tert-OH is 1. The molecule has 3 aromatic rings. The molecule has 0 heterocycles. The zero-order chi connectivity index (χ0) is 18.7. The van der Waals surface area contributed by atoms with Gasteiger partial charge < -0.3 is 5.11 Å². The lowest BCUT2D eigenvalue weighted by Gasteiger charge is -2.03. The molecule has 2 heteroatoms. The Bertz CT molecular complexity index is 649. The van der Waals surface area contributed by atoms with E-state index in [9.17, 15) is 0 Å². The molecule has 0 spiro atoms. The molecule has 0 aliphatic heterocycles. The summed E-state index contributed by atoms with van der Waals surface area (Å²) < 4.78 is 0. The lowest BCUT2D eigenvalue weighted by Crippen LogP contribution is -1.88. The number of hydrogen-bond donors (Lipinski definition) is 2. The van der Waals surface area contributed by atoms with Gasteiger partial charge in [0.25, 0.3) is 0 Å². The fourth-order valence-corrected chi connectivity index (χ4v) is 2.34. The molecule has 0 amide bonds. The lowest BCUT2D eigenvalue weighted by molar-refractivity contribution is 0.399. The molecule has 25 heavy (non-hydrogen) atoms. The topological polar surface area (TPSA) is 20.2 Å². The lowest BCUT2D eigenvalue weighted by atomic mass is 10.0. The predicted octanol–water partition coefficient (Wildman–Crippen LogP) is 5.79. The van der Waals surface area contributed by atoms with Gasteiger partial charge in [-0.15, -0.1) is 12.6 Å². The maximum atomic E-state index is 7.00. The van der Waals surface area contributed by atoms with E-state index in [-0.39, 0.29) is 0 Å². The molecule has 0 bridgehead atoms. The van der Waals surface area contributed by atoms with E-state index >= 15 is 0 Å². The number of benzene rings is 3. The van der Waals surface area contributed by atoms with Crippen molar-refractivity contribution < 1.29 is 5.11 Å². The molecule has 0 saturated carbocycles. The Morgan fingerprint density at radius 2 is 0.840 bits per heavy atom. The summed E-state index contributed by atoms with van der Waals surface area (Å²) in [5.41, 5.74) is 6.68. The quantitative estimate of drug-likeness (QED) is 0.560. The first-order chi connectivity index (χ1) is 12.0. The summed E-state index contributed by atoms with van der Waals surface area (Å²) in [6.07, 6.45) is 1.03. The molecule has 1 nitrogen and oxygen atoms in total. The van der Waals surface area contributed by atoms with Crippen molar-refractivity contribution in [2.24, 2.45) is 0 Å². The van der Waals surface area contributed by atoms with Crippen molar-refractivity contribution in [2.75, 3.05) is 7.11 Å². The van der Waals surface area contributed by atoms with Crippen molar-refractivity contribution in [3.05, 3.63) is 101 Å². The Balaban J connectivity index is 0.000000264. The summed E-state index contributed by atoms with van der Waals surface area (Å²) in [5, 5.41) is 7.00. The number of thiol groups is 1. The molecule has 0 unspecified atom stereocenters. The van der Waals surface area contributed by atoms with Crippen LogP contribution in [0.2, 0.25) is 0 Å². The number of rotatable bonds is 2. The minimum absolute atomic E-state index is 1.00. The SMILES string of the molecule is CO.Cc1ccc(Cc2ccc(C)cc2)cc1.Cc1ccc(S)cc1. The molecular weight excluding hydrogens is 324 g/mol. The van der Waals surface area contributed by atoms with Crippen LogP contribution in [0.1, 0.15) is 27.8 Å². The largest absolute Gasteiger partial charge is 0.400 e. The van der Waals surface area contributed by atoms with Crippen LogP contribution in [0.3, 0.4) is 0 Å². The van der Waals surface area contributed by atoms with Crippen molar-refractivity contribution in [1.82, 2.24) is 0 Å². The molecule has 0 aliphatic rings. The molecule has 3 aromatic carbocycles. The molecule has 0 saturated heterocycles. The van der Waals surface area contributed by atoms with Crippen LogP contribution in [0.4, 0.5) is 0 Å². The van der Waals surface area contributed by atoms with Gasteiger partial charge in [0.1, 0.15) is 0 Å². The number of aryl methyl sites for hydroxylation is 3. The zero-order valence-electron chi connectivity index (χ0n) is 15.5. The van der Waals surface area contributed by atoms with Crippen molar-refractivity contribution in [3.63, 3.8) is 0 Å². The maximum Gasteiger partial charge on any atom is 0.0319 e. The molecular formula is C23H28OS. The van der Waals surface area contributed by atoms with Gasteiger partial charge >= 0.3 is 0 Å². The van der Waals surface area contributed by atoms with E-state index in [1.807, 2.05) is 24.3 Å². The van der Waals surface area contributed by atoms with Crippen LogP contribution in [0.5, 0.6) is 0 Å². The minimum atomic E-state index is 1.00. The summed E-state index contributed by atoms with van der Waals surface area (Å²) in [6.45, 7) is 6.30. The Kier molecular flexibility index (Phi) is 9.68. The zero-order valence-corrected chi connectivity index (χ0v) is 16.4. The van der Waals surface area contributed by atoms with Crippen LogP contribution in [0.25, 0.3) is 0 Å². The van der Waals surface area contributed by atoms with E-state index in [2.05, 4.69) is 81.9 Å². The van der Waals surface area contributed by atoms with Gasteiger partial charge in [0.2, 0.25) is 0 Å². The normalized spacial score (nSPS) is 9.36. The molecule has 3 rings (SSSR count). The Hall–Kier alpha value is -2.03. The third-order valence-corrected chi connectivity index (χ3v) is 3.98. The second-order valence-corrected chi connectivity index (χ2v) is 6.50. The molecule has 0 atom stereocenters. The minimum Gasteiger partial charge on any atom is -0.400 e. The predicted molar refractivity (Wildman–Crippen MR) is 112 cm³/mol. The van der Waals surface area contributed by atoms with E-state index < -0.39 is 0 Å². The average Bonchev–Trinajstić information content (AvgIpc) is 2.64. The van der Waals surface area contributed by atoms with Gasteiger partial charge in [-0.3, -0.25) is 0 Å². The van der Waals surface area contributed by atoms with Gasteiger partial charge in [-0.05, 0) is 50.5 Å². The molecule has 1 N–H and O–H groups in total. The summed E-state index contributed by atoms with van der Waals surface area (Å²) in [6, 6.07) is 25.6. The summed E-state index contributed by atoms with van der Waals surface area (Å²) in [7, 11) is 1.00. The van der Waals surface area contributed by atoms with Crippen LogP contribution >= 0.6 is 12.6 Å². The second-order valence-electron chi connectivity index (χ2n) is 5.98. The van der Waals surface area contributed by atoms with Crippen molar-refractivity contribution >= 4 is 12.6 Å². The van der Waals surface area contributed by atoms with E-state index in [0.717, 1.165) is 18.4 Å². The fraction of sp³-hybridized carbons (Fsp3) is 0.217. The standard InChI is InChI=1S/C15H16.C7H8S.CH4O/c1-12-3-7-14(8-4-12)11-15-9-5-13(2)6-10-15;1-6-2-4-7(8)5-3-6;1-2/h3-10H,11H2,1-2H3;2-5,8H,1H3;2H,1H3. The molecule has 0 aromatic heterocycles. The van der Waals surface area contributed by atoms with Crippen molar-refractivity contribution in [1.29, 1.82) is 0 Å². The van der Waals surface area contributed by atoms with E-state index in [1.165, 1.54) is 27.8 Å². The van der Waals surface area contributed by atoms with Crippen LogP contribution in [-0.2, 0) is 6.42 Å². The third kappa shape index (κ3) is 8.57. The van der Waals surface area contributed by atoms with Gasteiger partial charge in [0, 0.05) is 12.0 Å². The van der Waals surface area contributed by atoms with Gasteiger partial charge in [-0.2, -0.15) is 0 Å². The summed E-state index contributed by atoms with van der Waals surface area (Å²) >= 11 is 4.13. The number of hydrogen-bond acceptors (Lipinski definition) is 2. The molecule has 0 radical (unpaired) electrons. The Morgan fingerprint density at radius 1 is 0.560 bits per heavy atom. The Labute approximate surface area is 157 Å². The molecule has 0 fully saturated rings. The second kappa shape index (κ2) is 11.5. The highest BCUT2D eigenvalue weighted by Crippen LogP contribution is 2.11. The van der Waals surface area contributed by atoms with Crippen LogP contribution in [0, 0.1) is 20.8 Å². The highest BCUT2D eigenvalue weighted by molar-refractivity contribution is 7.80. The van der Waals surface area contributed by atoms with E-state index in [4.69, 9.17) is 5.11 Å². The fourth-order valence-electron chi connectivity index (χ4n) is 2.19. The first-order valence-corrected chi connectivity index (χ1v) is 8.79. The first-order valence-electron chi connectivity index (χ1n) is 8.34. The first kappa shape index (κ1) is 21.0. The maximum absolute atomic E-state index is 7.00. The highest BCUT2D eigenvalue weighted by Gasteiger charge is 1.95. The molecule has 0 aliphatic carbocycles. The van der Waals surface area contributed by atoms with Crippen molar-refractivity contribution in [2.45, 2.75) is 32.1 Å². The van der Waals surface area contributed by atoms with E-state index in [0.29, 0.717) is 0 Å². The van der Waals surface area contributed by atoms with Crippen LogP contribution < -0.4 is 0 Å². The van der Waals surface area contributed by atoms with Gasteiger partial charge in [0.15, 0.2) is 0 Å². The third-order valence-electron chi connectivity index (χ3n) is 3.68. The monoisotopic (exact) mass is 352 g/mol. The van der Waals surface area contributed by atoms with E-state index in [1.54, 1.807) is 0 Å². The van der Waals surface area contributed by atoms with Crippen molar-refractivity contribution in [3.8, 4) is 0 Å². The van der Waals surface area contributed by atoms with Crippen LogP contribution in [-0.4, -0.2) is 12.2 Å². The average molecular weight is 353 g/mol. The highest BCUT2D eigenvalue weighted by atomic mass is 32.1. The smallest absolute Gasteiger partial charge is 0.0319 e. The van der Waals surface area contributed by atoms with Gasteiger partial charge in [0.05, 0.1) is 0 Å².